The zero-order valence-electron chi connectivity index (χ0n) is 16.8. The first-order valence-electron chi connectivity index (χ1n) is 9.79. The van der Waals surface area contributed by atoms with Crippen molar-refractivity contribution in [3.8, 4) is 5.82 Å². The fourth-order valence-electron chi connectivity index (χ4n) is 3.67. The van der Waals surface area contributed by atoms with Gasteiger partial charge in [-0.25, -0.2) is 4.68 Å². The van der Waals surface area contributed by atoms with Crippen LogP contribution in [0.3, 0.4) is 0 Å². The molecule has 0 bridgehead atoms. The summed E-state index contributed by atoms with van der Waals surface area (Å²) in [5.41, 5.74) is 2.50. The van der Waals surface area contributed by atoms with Crippen molar-refractivity contribution in [3.05, 3.63) is 57.8 Å². The Morgan fingerprint density at radius 3 is 2.40 bits per heavy atom. The van der Waals surface area contributed by atoms with E-state index in [1.807, 2.05) is 32.0 Å². The molecule has 1 aliphatic heterocycles. The van der Waals surface area contributed by atoms with Gasteiger partial charge in [-0.1, -0.05) is 29.3 Å². The summed E-state index contributed by atoms with van der Waals surface area (Å²) in [5, 5.41) is 16.8. The first-order chi connectivity index (χ1) is 14.4. The van der Waals surface area contributed by atoms with E-state index in [4.69, 9.17) is 23.2 Å². The van der Waals surface area contributed by atoms with Crippen LogP contribution in [0.2, 0.25) is 10.0 Å². The van der Waals surface area contributed by atoms with Gasteiger partial charge in [-0.05, 0) is 57.0 Å². The van der Waals surface area contributed by atoms with Gasteiger partial charge in [0.1, 0.15) is 0 Å². The average molecular weight is 445 g/mol. The molecule has 4 rings (SSSR count). The molecular weight excluding hydrogens is 423 g/mol. The lowest BCUT2D eigenvalue weighted by molar-refractivity contribution is -0.120. The van der Waals surface area contributed by atoms with Crippen molar-refractivity contribution in [3.63, 3.8) is 0 Å². The van der Waals surface area contributed by atoms with Gasteiger partial charge in [0, 0.05) is 24.7 Å². The number of hydrogen-bond acceptors (Lipinski definition) is 5. The fourth-order valence-corrected chi connectivity index (χ4v) is 4.01. The number of carbonyl (C=O) groups is 1. The molecule has 1 N–H and O–H groups in total. The van der Waals surface area contributed by atoms with E-state index in [1.54, 1.807) is 22.9 Å². The second kappa shape index (κ2) is 8.62. The van der Waals surface area contributed by atoms with Crippen LogP contribution >= 0.6 is 23.2 Å². The van der Waals surface area contributed by atoms with Crippen molar-refractivity contribution < 1.29 is 4.79 Å². The van der Waals surface area contributed by atoms with Crippen LogP contribution in [-0.2, 0) is 4.79 Å². The van der Waals surface area contributed by atoms with Gasteiger partial charge < -0.3 is 10.2 Å². The van der Waals surface area contributed by atoms with E-state index in [0.717, 1.165) is 43.1 Å². The second-order valence-corrected chi connectivity index (χ2v) is 8.23. The number of carbonyl (C=O) groups excluding carboxylic acids is 1. The lowest BCUT2D eigenvalue weighted by Crippen LogP contribution is -2.38. The van der Waals surface area contributed by atoms with Crippen LogP contribution in [0.15, 0.2) is 36.4 Å². The van der Waals surface area contributed by atoms with Crippen molar-refractivity contribution in [1.29, 1.82) is 0 Å². The Hall–Kier alpha value is -2.64. The molecular formula is C21H22Cl2N6O. The van der Waals surface area contributed by atoms with Crippen LogP contribution in [0.5, 0.6) is 0 Å². The SMILES string of the molecule is Cc1cc(C)n(-c2ccc(N3CCC(C(=O)Nc4cccc(Cl)c4Cl)CC3)nn2)n1. The molecule has 0 spiro atoms. The monoisotopic (exact) mass is 444 g/mol. The third kappa shape index (κ3) is 4.27. The molecule has 0 atom stereocenters. The predicted molar refractivity (Wildman–Crippen MR) is 119 cm³/mol. The molecule has 1 fully saturated rings. The Kier molecular flexibility index (Phi) is 5.92. The van der Waals surface area contributed by atoms with E-state index in [2.05, 4.69) is 25.5 Å². The first-order valence-corrected chi connectivity index (χ1v) is 10.5. The van der Waals surface area contributed by atoms with Gasteiger partial charge in [0.15, 0.2) is 11.6 Å². The lowest BCUT2D eigenvalue weighted by Gasteiger charge is -2.31. The van der Waals surface area contributed by atoms with Gasteiger partial charge in [0.05, 0.1) is 21.4 Å². The van der Waals surface area contributed by atoms with E-state index in [9.17, 15) is 4.79 Å². The fraction of sp³-hybridized carbons (Fsp3) is 0.333. The highest BCUT2D eigenvalue weighted by atomic mass is 35.5. The van der Waals surface area contributed by atoms with Crippen molar-refractivity contribution in [1.82, 2.24) is 20.0 Å². The molecule has 30 heavy (non-hydrogen) atoms. The van der Waals surface area contributed by atoms with Crippen LogP contribution in [0, 0.1) is 19.8 Å². The van der Waals surface area contributed by atoms with E-state index >= 15 is 0 Å². The first kappa shape index (κ1) is 20.6. The quantitative estimate of drug-likeness (QED) is 0.643. The maximum Gasteiger partial charge on any atom is 0.227 e. The normalized spacial score (nSPS) is 14.7. The maximum atomic E-state index is 12.6. The number of nitrogens with one attached hydrogen (secondary N) is 1. The van der Waals surface area contributed by atoms with Crippen molar-refractivity contribution >= 4 is 40.6 Å². The molecule has 1 saturated heterocycles. The molecule has 2 aromatic heterocycles. The molecule has 9 heteroatoms. The molecule has 3 aromatic rings. The summed E-state index contributed by atoms with van der Waals surface area (Å²) < 4.78 is 1.78. The molecule has 0 saturated carbocycles. The van der Waals surface area contributed by atoms with Gasteiger partial charge in [-0.3, -0.25) is 4.79 Å². The second-order valence-electron chi connectivity index (χ2n) is 7.44. The van der Waals surface area contributed by atoms with E-state index in [0.29, 0.717) is 21.6 Å². The summed E-state index contributed by atoms with van der Waals surface area (Å²) >= 11 is 12.2. The highest BCUT2D eigenvalue weighted by Gasteiger charge is 2.26. The number of rotatable bonds is 4. The Morgan fingerprint density at radius 1 is 1.07 bits per heavy atom. The zero-order chi connectivity index (χ0) is 21.3. The van der Waals surface area contributed by atoms with E-state index < -0.39 is 0 Å². The summed E-state index contributed by atoms with van der Waals surface area (Å²) in [4.78, 5) is 14.8. The number of piperidine rings is 1. The highest BCUT2D eigenvalue weighted by molar-refractivity contribution is 6.44. The Balaban J connectivity index is 1.36. The molecule has 7 nitrogen and oxygen atoms in total. The topological polar surface area (TPSA) is 75.9 Å². The van der Waals surface area contributed by atoms with Gasteiger partial charge >= 0.3 is 0 Å². The highest BCUT2D eigenvalue weighted by Crippen LogP contribution is 2.31. The Bertz CT molecular complexity index is 1060. The van der Waals surface area contributed by atoms with E-state index in [-0.39, 0.29) is 11.8 Å². The van der Waals surface area contributed by atoms with Gasteiger partial charge in [-0.15, -0.1) is 10.2 Å². The zero-order valence-corrected chi connectivity index (χ0v) is 18.3. The molecule has 1 amide bonds. The number of hydrogen-bond donors (Lipinski definition) is 1. The van der Waals surface area contributed by atoms with Crippen LogP contribution in [0.1, 0.15) is 24.2 Å². The van der Waals surface area contributed by atoms with Crippen LogP contribution in [-0.4, -0.2) is 39.0 Å². The number of benzene rings is 1. The van der Waals surface area contributed by atoms with Gasteiger partial charge in [0.25, 0.3) is 0 Å². The van der Waals surface area contributed by atoms with Gasteiger partial charge in [-0.2, -0.15) is 5.10 Å². The van der Waals surface area contributed by atoms with Gasteiger partial charge in [0.2, 0.25) is 5.91 Å². The summed E-state index contributed by atoms with van der Waals surface area (Å²) in [7, 11) is 0. The minimum Gasteiger partial charge on any atom is -0.355 e. The predicted octanol–water partition coefficient (Wildman–Crippen LogP) is 4.44. The molecule has 0 unspecified atom stereocenters. The minimum absolute atomic E-state index is 0.0372. The molecule has 1 aliphatic rings. The maximum absolute atomic E-state index is 12.6. The molecule has 1 aromatic carbocycles. The van der Waals surface area contributed by atoms with Crippen LogP contribution in [0.4, 0.5) is 11.5 Å². The number of halogens is 2. The lowest BCUT2D eigenvalue weighted by atomic mass is 9.96. The third-order valence-corrected chi connectivity index (χ3v) is 6.08. The number of aromatic nitrogens is 4. The number of aryl methyl sites for hydroxylation is 2. The average Bonchev–Trinajstić information content (AvgIpc) is 3.09. The number of amides is 1. The minimum atomic E-state index is -0.0850. The Labute approximate surface area is 185 Å². The summed E-state index contributed by atoms with van der Waals surface area (Å²) in [6.45, 7) is 5.40. The van der Waals surface area contributed by atoms with Crippen LogP contribution in [0.25, 0.3) is 5.82 Å². The number of nitrogens with zero attached hydrogens (tertiary/aromatic N) is 5. The van der Waals surface area contributed by atoms with Crippen molar-refractivity contribution in [2.24, 2.45) is 5.92 Å². The summed E-state index contributed by atoms with van der Waals surface area (Å²) in [5.74, 6) is 1.37. The van der Waals surface area contributed by atoms with Crippen molar-refractivity contribution in [2.75, 3.05) is 23.3 Å². The standard InChI is InChI=1S/C21H22Cl2N6O/c1-13-12-14(2)29(27-13)19-7-6-18(25-26-19)28-10-8-15(9-11-28)21(30)24-17-5-3-4-16(22)20(17)23/h3-7,12,15H,8-11H2,1-2H3,(H,24,30). The number of anilines is 2. The molecule has 3 heterocycles. The summed E-state index contributed by atoms with van der Waals surface area (Å²) in [6, 6.07) is 11.1. The smallest absolute Gasteiger partial charge is 0.227 e. The molecule has 0 aliphatic carbocycles. The largest absolute Gasteiger partial charge is 0.355 e. The summed E-state index contributed by atoms with van der Waals surface area (Å²) in [6.07, 6.45) is 1.45. The Morgan fingerprint density at radius 2 is 1.77 bits per heavy atom. The van der Waals surface area contributed by atoms with Crippen LogP contribution < -0.4 is 10.2 Å². The molecule has 156 valence electrons. The van der Waals surface area contributed by atoms with Crippen molar-refractivity contribution in [2.45, 2.75) is 26.7 Å². The molecule has 0 radical (unpaired) electrons. The van der Waals surface area contributed by atoms with E-state index in [1.165, 1.54) is 0 Å². The third-order valence-electron chi connectivity index (χ3n) is 5.26.